The number of alkyl halides is 2. The lowest BCUT2D eigenvalue weighted by atomic mass is 10.0. The highest BCUT2D eigenvalue weighted by atomic mass is 19.3. The van der Waals surface area contributed by atoms with Crippen LogP contribution in [0.5, 0.6) is 5.75 Å². The molecule has 0 bridgehead atoms. The van der Waals surface area contributed by atoms with Crippen LogP contribution in [0.25, 0.3) is 11.1 Å². The van der Waals surface area contributed by atoms with Crippen molar-refractivity contribution in [2.45, 2.75) is 26.2 Å². The van der Waals surface area contributed by atoms with Gasteiger partial charge < -0.3 is 4.74 Å². The van der Waals surface area contributed by atoms with Gasteiger partial charge in [0.25, 0.3) is 6.43 Å². The quantitative estimate of drug-likeness (QED) is 0.470. The lowest BCUT2D eigenvalue weighted by Gasteiger charge is -2.09. The number of rotatable bonds is 6. The molecule has 0 saturated carbocycles. The van der Waals surface area contributed by atoms with Gasteiger partial charge in [0.2, 0.25) is 0 Å². The minimum absolute atomic E-state index is 0.00395. The summed E-state index contributed by atoms with van der Waals surface area (Å²) in [5.74, 6) is -3.63. The Morgan fingerprint density at radius 2 is 1.67 bits per heavy atom. The summed E-state index contributed by atoms with van der Waals surface area (Å²) < 4.78 is 70.5. The van der Waals surface area contributed by atoms with E-state index in [2.05, 4.69) is 4.74 Å². The highest BCUT2D eigenvalue weighted by Gasteiger charge is 2.15. The van der Waals surface area contributed by atoms with Crippen molar-refractivity contribution in [1.29, 1.82) is 0 Å². The maximum atomic E-state index is 14.1. The summed E-state index contributed by atoms with van der Waals surface area (Å²) in [7, 11) is 0. The molecule has 2 aromatic rings. The minimum Gasteiger partial charge on any atom is -0.459 e. The Balaban J connectivity index is 2.33. The first-order chi connectivity index (χ1) is 11.4. The van der Waals surface area contributed by atoms with E-state index in [4.69, 9.17) is 0 Å². The molecule has 0 aliphatic rings. The van der Waals surface area contributed by atoms with Crippen LogP contribution in [0, 0.1) is 17.5 Å². The van der Waals surface area contributed by atoms with Crippen molar-refractivity contribution < 1.29 is 26.7 Å². The highest BCUT2D eigenvalue weighted by molar-refractivity contribution is 5.65. The van der Waals surface area contributed by atoms with Gasteiger partial charge in [-0.1, -0.05) is 25.5 Å². The molecule has 128 valence electrons. The Labute approximate surface area is 136 Å². The molecule has 0 unspecified atom stereocenters. The highest BCUT2D eigenvalue weighted by Crippen LogP contribution is 2.31. The van der Waals surface area contributed by atoms with E-state index in [1.54, 1.807) is 6.07 Å². The predicted molar refractivity (Wildman–Crippen MR) is 81.5 cm³/mol. The molecule has 1 nitrogen and oxygen atoms in total. The minimum atomic E-state index is -2.80. The van der Waals surface area contributed by atoms with E-state index >= 15 is 0 Å². The van der Waals surface area contributed by atoms with Crippen molar-refractivity contribution in [2.75, 3.05) is 0 Å². The third kappa shape index (κ3) is 4.34. The van der Waals surface area contributed by atoms with Gasteiger partial charge in [0, 0.05) is 11.6 Å². The topological polar surface area (TPSA) is 9.23 Å². The van der Waals surface area contributed by atoms with Gasteiger partial charge in [0.15, 0.2) is 17.4 Å². The fraction of sp³-hybridized carbons (Fsp3) is 0.222. The molecule has 0 fully saturated rings. The molecule has 0 aromatic heterocycles. The fourth-order valence-electron chi connectivity index (χ4n) is 2.23. The third-order valence-electron chi connectivity index (χ3n) is 3.29. The number of hydrogen-bond donors (Lipinski definition) is 0. The van der Waals surface area contributed by atoms with Gasteiger partial charge in [0.05, 0.1) is 6.26 Å². The SMILES string of the molecule is CCCc1ccc(-c2cc(F)c(OC=CC(F)F)c(F)c2)c(F)c1. The van der Waals surface area contributed by atoms with Crippen molar-refractivity contribution >= 4 is 0 Å². The predicted octanol–water partition coefficient (Wildman–Crippen LogP) is 5.88. The molecule has 0 aliphatic carbocycles. The summed E-state index contributed by atoms with van der Waals surface area (Å²) in [6.45, 7) is 1.96. The molecule has 0 aliphatic heterocycles. The summed E-state index contributed by atoms with van der Waals surface area (Å²) in [5.41, 5.74) is 0.829. The zero-order valence-electron chi connectivity index (χ0n) is 12.8. The zero-order chi connectivity index (χ0) is 17.7. The molecule has 0 spiro atoms. The zero-order valence-corrected chi connectivity index (χ0v) is 12.8. The van der Waals surface area contributed by atoms with Gasteiger partial charge in [-0.3, -0.25) is 0 Å². The number of ether oxygens (including phenoxy) is 1. The van der Waals surface area contributed by atoms with Crippen LogP contribution < -0.4 is 4.74 Å². The molecule has 0 heterocycles. The smallest absolute Gasteiger partial charge is 0.260 e. The molecular weight excluding hydrogens is 327 g/mol. The summed E-state index contributed by atoms with van der Waals surface area (Å²) in [5, 5.41) is 0. The van der Waals surface area contributed by atoms with Crippen molar-refractivity contribution in [3.8, 4) is 16.9 Å². The first kappa shape index (κ1) is 18.0. The van der Waals surface area contributed by atoms with Crippen molar-refractivity contribution in [3.05, 3.63) is 65.7 Å². The van der Waals surface area contributed by atoms with E-state index in [9.17, 15) is 22.0 Å². The summed E-state index contributed by atoms with van der Waals surface area (Å²) >= 11 is 0. The Morgan fingerprint density at radius 3 is 2.21 bits per heavy atom. The van der Waals surface area contributed by atoms with Crippen LogP contribution in [-0.2, 0) is 6.42 Å². The number of benzene rings is 2. The normalized spacial score (nSPS) is 11.5. The molecule has 0 atom stereocenters. The summed E-state index contributed by atoms with van der Waals surface area (Å²) in [6, 6.07) is 6.25. The van der Waals surface area contributed by atoms with Crippen LogP contribution in [0.4, 0.5) is 22.0 Å². The van der Waals surface area contributed by atoms with Gasteiger partial charge in [-0.15, -0.1) is 0 Å². The molecule has 24 heavy (non-hydrogen) atoms. The number of allylic oxidation sites excluding steroid dienone is 1. The van der Waals surface area contributed by atoms with Crippen LogP contribution >= 0.6 is 0 Å². The molecule has 6 heteroatoms. The molecule has 0 saturated heterocycles. The maximum Gasteiger partial charge on any atom is 0.260 e. The Hall–Kier alpha value is -2.37. The second kappa shape index (κ2) is 7.95. The van der Waals surface area contributed by atoms with Crippen molar-refractivity contribution in [2.24, 2.45) is 0 Å². The second-order valence-corrected chi connectivity index (χ2v) is 5.11. The van der Waals surface area contributed by atoms with Crippen LogP contribution in [0.1, 0.15) is 18.9 Å². The van der Waals surface area contributed by atoms with E-state index in [1.807, 2.05) is 6.92 Å². The first-order valence-corrected chi connectivity index (χ1v) is 7.31. The van der Waals surface area contributed by atoms with Gasteiger partial charge in [-0.25, -0.2) is 22.0 Å². The van der Waals surface area contributed by atoms with Gasteiger partial charge in [-0.2, -0.15) is 0 Å². The average molecular weight is 342 g/mol. The molecular formula is C18H15F5O. The standard InChI is InChI=1S/C18H15F5O/c1-2-3-11-4-5-13(14(19)8-11)12-9-15(20)18(16(21)10-12)24-7-6-17(22)23/h4-10,17H,2-3H2,1H3. The van der Waals surface area contributed by atoms with Crippen molar-refractivity contribution in [1.82, 2.24) is 0 Å². The Morgan fingerprint density at radius 1 is 1.00 bits per heavy atom. The van der Waals surface area contributed by atoms with Crippen LogP contribution in [0.2, 0.25) is 0 Å². The molecule has 2 rings (SSSR count). The van der Waals surface area contributed by atoms with Gasteiger partial charge >= 0.3 is 0 Å². The summed E-state index contributed by atoms with van der Waals surface area (Å²) in [4.78, 5) is 0. The third-order valence-corrected chi connectivity index (χ3v) is 3.29. The molecule has 2 aromatic carbocycles. The number of halogens is 5. The second-order valence-electron chi connectivity index (χ2n) is 5.11. The number of aryl methyl sites for hydroxylation is 1. The van der Waals surface area contributed by atoms with E-state index in [0.717, 1.165) is 24.1 Å². The van der Waals surface area contributed by atoms with Crippen molar-refractivity contribution in [3.63, 3.8) is 0 Å². The number of hydrogen-bond acceptors (Lipinski definition) is 1. The Kier molecular flexibility index (Phi) is 5.95. The van der Waals surface area contributed by atoms with Crippen LogP contribution in [0.3, 0.4) is 0 Å². The van der Waals surface area contributed by atoms with Crippen LogP contribution in [0.15, 0.2) is 42.7 Å². The maximum absolute atomic E-state index is 14.1. The molecule has 0 radical (unpaired) electrons. The van der Waals surface area contributed by atoms with E-state index in [0.29, 0.717) is 18.8 Å². The first-order valence-electron chi connectivity index (χ1n) is 7.31. The monoisotopic (exact) mass is 342 g/mol. The lowest BCUT2D eigenvalue weighted by molar-refractivity contribution is 0.200. The molecule has 0 N–H and O–H groups in total. The van der Waals surface area contributed by atoms with E-state index in [1.165, 1.54) is 12.1 Å². The van der Waals surface area contributed by atoms with Gasteiger partial charge in [-0.05, 0) is 35.7 Å². The van der Waals surface area contributed by atoms with Gasteiger partial charge in [0.1, 0.15) is 5.82 Å². The summed E-state index contributed by atoms with van der Waals surface area (Å²) in [6.07, 6.45) is -0.403. The van der Waals surface area contributed by atoms with E-state index < -0.39 is 29.6 Å². The largest absolute Gasteiger partial charge is 0.459 e. The average Bonchev–Trinajstić information content (AvgIpc) is 2.50. The fourth-order valence-corrected chi connectivity index (χ4v) is 2.23. The van der Waals surface area contributed by atoms with Crippen LogP contribution in [-0.4, -0.2) is 6.43 Å². The molecule has 0 amide bonds. The Bertz CT molecular complexity index is 717. The van der Waals surface area contributed by atoms with E-state index in [-0.39, 0.29) is 11.1 Å². The lowest BCUT2D eigenvalue weighted by Crippen LogP contribution is -1.96.